The van der Waals surface area contributed by atoms with Crippen LogP contribution in [0.15, 0.2) is 60.7 Å². The molecule has 5 rings (SSSR count). The number of benzene rings is 2. The minimum absolute atomic E-state index is 0.0632. The van der Waals surface area contributed by atoms with Crippen LogP contribution in [0.3, 0.4) is 0 Å². The van der Waals surface area contributed by atoms with Gasteiger partial charge < -0.3 is 9.64 Å². The van der Waals surface area contributed by atoms with Crippen molar-refractivity contribution in [1.82, 2.24) is 4.90 Å². The first-order chi connectivity index (χ1) is 13.2. The van der Waals surface area contributed by atoms with E-state index in [0.717, 1.165) is 24.0 Å². The molecule has 0 radical (unpaired) electrons. The van der Waals surface area contributed by atoms with Gasteiger partial charge in [-0.3, -0.25) is 9.59 Å². The van der Waals surface area contributed by atoms with Gasteiger partial charge in [-0.25, -0.2) is 0 Å². The standard InChI is InChI=1S/C23H23NO3/c25-22(20-17-11-18-19(12-17)27-23(26)21(18)20)24(13-15-7-3-1-4-8-15)14-16-9-5-2-6-10-16/h1-10,17-21H,11-14H2. The minimum Gasteiger partial charge on any atom is -0.462 e. The number of rotatable bonds is 5. The number of carbonyl (C=O) groups is 2. The Bertz CT molecular complexity index is 807. The monoisotopic (exact) mass is 361 g/mol. The molecule has 4 heteroatoms. The Labute approximate surface area is 159 Å². The Morgan fingerprint density at radius 2 is 1.52 bits per heavy atom. The van der Waals surface area contributed by atoms with E-state index in [2.05, 4.69) is 0 Å². The van der Waals surface area contributed by atoms with Crippen LogP contribution in [-0.2, 0) is 27.4 Å². The van der Waals surface area contributed by atoms with Crippen molar-refractivity contribution in [3.8, 4) is 0 Å². The Balaban J connectivity index is 1.43. The number of fused-ring (bicyclic) bond motifs is 1. The number of amides is 1. The second kappa shape index (κ2) is 6.52. The molecule has 5 atom stereocenters. The maximum absolute atomic E-state index is 13.6. The van der Waals surface area contributed by atoms with Crippen LogP contribution in [-0.4, -0.2) is 22.9 Å². The van der Waals surface area contributed by atoms with E-state index >= 15 is 0 Å². The summed E-state index contributed by atoms with van der Waals surface area (Å²) >= 11 is 0. The van der Waals surface area contributed by atoms with Gasteiger partial charge in [0, 0.05) is 19.0 Å². The molecule has 0 spiro atoms. The van der Waals surface area contributed by atoms with Crippen LogP contribution in [0.2, 0.25) is 0 Å². The van der Waals surface area contributed by atoms with Gasteiger partial charge in [-0.2, -0.15) is 0 Å². The topological polar surface area (TPSA) is 46.6 Å². The van der Waals surface area contributed by atoms with E-state index in [4.69, 9.17) is 4.74 Å². The third-order valence-corrected chi connectivity index (χ3v) is 6.51. The van der Waals surface area contributed by atoms with Gasteiger partial charge in [-0.05, 0) is 29.9 Å². The lowest BCUT2D eigenvalue weighted by Gasteiger charge is -2.31. The van der Waals surface area contributed by atoms with Crippen molar-refractivity contribution >= 4 is 11.9 Å². The van der Waals surface area contributed by atoms with Crippen LogP contribution < -0.4 is 0 Å². The summed E-state index contributed by atoms with van der Waals surface area (Å²) < 4.78 is 5.53. The van der Waals surface area contributed by atoms with E-state index in [9.17, 15) is 9.59 Å². The molecule has 2 aromatic carbocycles. The van der Waals surface area contributed by atoms with Crippen LogP contribution in [0, 0.1) is 23.7 Å². The number of ether oxygens (including phenoxy) is 1. The van der Waals surface area contributed by atoms with Gasteiger partial charge in [-0.1, -0.05) is 60.7 Å². The van der Waals surface area contributed by atoms with Crippen LogP contribution >= 0.6 is 0 Å². The highest BCUT2D eigenvalue weighted by Crippen LogP contribution is 2.58. The molecule has 2 aromatic rings. The molecule has 2 bridgehead atoms. The third kappa shape index (κ3) is 2.84. The highest BCUT2D eigenvalue weighted by molar-refractivity contribution is 5.88. The number of hydrogen-bond donors (Lipinski definition) is 0. The van der Waals surface area contributed by atoms with Crippen molar-refractivity contribution in [3.63, 3.8) is 0 Å². The van der Waals surface area contributed by atoms with Crippen molar-refractivity contribution in [1.29, 1.82) is 0 Å². The van der Waals surface area contributed by atoms with Gasteiger partial charge in [0.1, 0.15) is 6.10 Å². The van der Waals surface area contributed by atoms with Crippen LogP contribution in [0.4, 0.5) is 0 Å². The Kier molecular flexibility index (Phi) is 4.00. The highest BCUT2D eigenvalue weighted by atomic mass is 16.6. The lowest BCUT2D eigenvalue weighted by molar-refractivity contribution is -0.148. The molecule has 27 heavy (non-hydrogen) atoms. The summed E-state index contributed by atoms with van der Waals surface area (Å²) in [5, 5.41) is 0. The lowest BCUT2D eigenvalue weighted by atomic mass is 9.79. The average molecular weight is 361 g/mol. The number of nitrogens with zero attached hydrogens (tertiary/aromatic N) is 1. The van der Waals surface area contributed by atoms with Crippen LogP contribution in [0.1, 0.15) is 24.0 Å². The van der Waals surface area contributed by atoms with Gasteiger partial charge in [0.05, 0.1) is 11.8 Å². The van der Waals surface area contributed by atoms with Crippen molar-refractivity contribution < 1.29 is 14.3 Å². The predicted molar refractivity (Wildman–Crippen MR) is 100 cm³/mol. The van der Waals surface area contributed by atoms with Gasteiger partial charge in [-0.15, -0.1) is 0 Å². The summed E-state index contributed by atoms with van der Waals surface area (Å²) in [5.41, 5.74) is 2.22. The van der Waals surface area contributed by atoms with E-state index in [0.29, 0.717) is 13.1 Å². The van der Waals surface area contributed by atoms with E-state index < -0.39 is 0 Å². The predicted octanol–water partition coefficient (Wildman–Crippen LogP) is 3.41. The zero-order chi connectivity index (χ0) is 18.4. The maximum atomic E-state index is 13.6. The van der Waals surface area contributed by atoms with Crippen LogP contribution in [0.5, 0.6) is 0 Å². The number of esters is 1. The fraction of sp³-hybridized carbons (Fsp3) is 0.391. The molecule has 2 saturated carbocycles. The Morgan fingerprint density at radius 3 is 2.11 bits per heavy atom. The summed E-state index contributed by atoms with van der Waals surface area (Å²) in [7, 11) is 0. The van der Waals surface area contributed by atoms with Crippen molar-refractivity contribution in [2.75, 3.05) is 0 Å². The molecule has 1 aliphatic heterocycles. The fourth-order valence-electron chi connectivity index (χ4n) is 5.37. The molecule has 2 aliphatic carbocycles. The van der Waals surface area contributed by atoms with Crippen molar-refractivity contribution in [3.05, 3.63) is 71.8 Å². The van der Waals surface area contributed by atoms with Gasteiger partial charge in [0.25, 0.3) is 0 Å². The van der Waals surface area contributed by atoms with E-state index in [-0.39, 0.29) is 41.7 Å². The van der Waals surface area contributed by atoms with E-state index in [1.807, 2.05) is 65.6 Å². The normalized spacial score (nSPS) is 30.4. The molecule has 1 saturated heterocycles. The molecule has 3 fully saturated rings. The molecule has 4 nitrogen and oxygen atoms in total. The van der Waals surface area contributed by atoms with Gasteiger partial charge in [0.15, 0.2) is 0 Å². The van der Waals surface area contributed by atoms with E-state index in [1.165, 1.54) is 0 Å². The molecule has 0 N–H and O–H groups in total. The average Bonchev–Trinajstić information content (AvgIpc) is 3.31. The molecular weight excluding hydrogens is 338 g/mol. The Hall–Kier alpha value is -2.62. The second-order valence-electron chi connectivity index (χ2n) is 8.09. The number of carbonyl (C=O) groups excluding carboxylic acids is 2. The first-order valence-corrected chi connectivity index (χ1v) is 9.78. The smallest absolute Gasteiger partial charge is 0.310 e. The zero-order valence-electron chi connectivity index (χ0n) is 15.2. The SMILES string of the molecule is O=C1OC2CC3CC2C1C3C(=O)N(Cc1ccccc1)Cc1ccccc1. The summed E-state index contributed by atoms with van der Waals surface area (Å²) in [6, 6.07) is 20.1. The van der Waals surface area contributed by atoms with Crippen LogP contribution in [0.25, 0.3) is 0 Å². The molecular formula is C23H23NO3. The summed E-state index contributed by atoms with van der Waals surface area (Å²) in [6.07, 6.45) is 1.88. The van der Waals surface area contributed by atoms with Crippen molar-refractivity contribution in [2.24, 2.45) is 23.7 Å². The first-order valence-electron chi connectivity index (χ1n) is 9.78. The largest absolute Gasteiger partial charge is 0.462 e. The fourth-order valence-corrected chi connectivity index (χ4v) is 5.37. The summed E-state index contributed by atoms with van der Waals surface area (Å²) in [5.74, 6) is 0.0638. The molecule has 3 aliphatic rings. The molecule has 5 unspecified atom stereocenters. The number of hydrogen-bond acceptors (Lipinski definition) is 3. The highest BCUT2D eigenvalue weighted by Gasteiger charge is 2.64. The van der Waals surface area contributed by atoms with E-state index in [1.54, 1.807) is 0 Å². The third-order valence-electron chi connectivity index (χ3n) is 6.51. The maximum Gasteiger partial charge on any atom is 0.310 e. The lowest BCUT2D eigenvalue weighted by Crippen LogP contribution is -2.42. The molecule has 1 heterocycles. The molecule has 138 valence electrons. The second-order valence-corrected chi connectivity index (χ2v) is 8.09. The van der Waals surface area contributed by atoms with Gasteiger partial charge in [0.2, 0.25) is 5.91 Å². The molecule has 1 amide bonds. The van der Waals surface area contributed by atoms with Crippen molar-refractivity contribution in [2.45, 2.75) is 32.0 Å². The molecule has 0 aromatic heterocycles. The first kappa shape index (κ1) is 16.5. The van der Waals surface area contributed by atoms with Gasteiger partial charge >= 0.3 is 5.97 Å². The summed E-state index contributed by atoms with van der Waals surface area (Å²) in [4.78, 5) is 27.9. The minimum atomic E-state index is -0.227. The quantitative estimate of drug-likeness (QED) is 0.767. The summed E-state index contributed by atoms with van der Waals surface area (Å²) in [6.45, 7) is 1.13. The zero-order valence-corrected chi connectivity index (χ0v) is 15.2. The Morgan fingerprint density at radius 1 is 0.926 bits per heavy atom.